The molecule has 0 radical (unpaired) electrons. The van der Waals surface area contributed by atoms with E-state index >= 15 is 0 Å². The Morgan fingerprint density at radius 3 is 2.48 bits per heavy atom. The number of hydrogen-bond donors (Lipinski definition) is 2. The van der Waals surface area contributed by atoms with Crippen molar-refractivity contribution >= 4 is 29.9 Å². The summed E-state index contributed by atoms with van der Waals surface area (Å²) in [6.45, 7) is 3.37. The van der Waals surface area contributed by atoms with Crippen molar-refractivity contribution in [1.82, 2.24) is 5.32 Å². The molecule has 6 heteroatoms. The van der Waals surface area contributed by atoms with E-state index in [1.807, 2.05) is 30.3 Å². The monoisotopic (exact) mass is 455 g/mol. The Bertz CT molecular complexity index is 705. The molecule has 0 saturated carbocycles. The SMILES string of the molecule is COc1ccc(CCNC(N)=NCc2ccccc2C)cc1OC.I. The van der Waals surface area contributed by atoms with Gasteiger partial charge in [0, 0.05) is 6.54 Å². The molecular weight excluding hydrogens is 429 g/mol. The maximum Gasteiger partial charge on any atom is 0.188 e. The third-order valence-corrected chi connectivity index (χ3v) is 3.85. The standard InChI is InChI=1S/C19H25N3O2.HI/c1-14-6-4-5-7-16(14)13-22-19(20)21-11-10-15-8-9-17(23-2)18(12-15)24-3;/h4-9,12H,10-11,13H2,1-3H3,(H3,20,21,22);1H. The number of nitrogens with one attached hydrogen (secondary N) is 1. The molecule has 0 atom stereocenters. The Hall–Kier alpha value is -1.96. The van der Waals surface area contributed by atoms with Gasteiger partial charge in [-0.25, -0.2) is 4.99 Å². The zero-order chi connectivity index (χ0) is 17.4. The molecule has 136 valence electrons. The molecule has 25 heavy (non-hydrogen) atoms. The van der Waals surface area contributed by atoms with Crippen molar-refractivity contribution in [2.45, 2.75) is 19.9 Å². The van der Waals surface area contributed by atoms with Crippen molar-refractivity contribution in [2.24, 2.45) is 10.7 Å². The molecule has 0 heterocycles. The van der Waals surface area contributed by atoms with Gasteiger partial charge in [0.2, 0.25) is 0 Å². The number of aliphatic imine (C=N–C) groups is 1. The largest absolute Gasteiger partial charge is 0.493 e. The molecule has 0 spiro atoms. The number of halogens is 1. The van der Waals surface area contributed by atoms with Crippen LogP contribution in [0.15, 0.2) is 47.5 Å². The number of benzene rings is 2. The Labute approximate surface area is 166 Å². The molecule has 0 aliphatic heterocycles. The number of methoxy groups -OCH3 is 2. The van der Waals surface area contributed by atoms with E-state index in [0.717, 1.165) is 23.5 Å². The van der Waals surface area contributed by atoms with Crippen LogP contribution < -0.4 is 20.5 Å². The third kappa shape index (κ3) is 6.45. The van der Waals surface area contributed by atoms with Gasteiger partial charge in [0.25, 0.3) is 0 Å². The number of nitrogens with zero attached hydrogens (tertiary/aromatic N) is 1. The lowest BCUT2D eigenvalue weighted by Crippen LogP contribution is -2.33. The predicted molar refractivity (Wildman–Crippen MR) is 113 cm³/mol. The quantitative estimate of drug-likeness (QED) is 0.382. The molecule has 2 aromatic rings. The highest BCUT2D eigenvalue weighted by Crippen LogP contribution is 2.27. The van der Waals surface area contributed by atoms with Gasteiger partial charge in [-0.05, 0) is 42.2 Å². The third-order valence-electron chi connectivity index (χ3n) is 3.85. The van der Waals surface area contributed by atoms with Gasteiger partial charge in [-0.1, -0.05) is 30.3 Å². The van der Waals surface area contributed by atoms with E-state index in [2.05, 4.69) is 29.4 Å². The topological polar surface area (TPSA) is 68.9 Å². The van der Waals surface area contributed by atoms with Crippen molar-refractivity contribution < 1.29 is 9.47 Å². The van der Waals surface area contributed by atoms with E-state index in [1.54, 1.807) is 14.2 Å². The summed E-state index contributed by atoms with van der Waals surface area (Å²) in [5.41, 5.74) is 9.48. The molecule has 3 N–H and O–H groups in total. The van der Waals surface area contributed by atoms with Crippen LogP contribution in [0.5, 0.6) is 11.5 Å². The van der Waals surface area contributed by atoms with Crippen molar-refractivity contribution in [2.75, 3.05) is 20.8 Å². The molecule has 0 saturated heterocycles. The van der Waals surface area contributed by atoms with Crippen LogP contribution in [0.2, 0.25) is 0 Å². The van der Waals surface area contributed by atoms with Gasteiger partial charge in [-0.15, -0.1) is 24.0 Å². The number of guanidine groups is 1. The molecule has 0 amide bonds. The average molecular weight is 455 g/mol. The van der Waals surface area contributed by atoms with Gasteiger partial charge < -0.3 is 20.5 Å². The minimum absolute atomic E-state index is 0. The fourth-order valence-electron chi connectivity index (χ4n) is 2.38. The van der Waals surface area contributed by atoms with Gasteiger partial charge in [0.15, 0.2) is 17.5 Å². The summed E-state index contributed by atoms with van der Waals surface area (Å²) >= 11 is 0. The summed E-state index contributed by atoms with van der Waals surface area (Å²) in [6, 6.07) is 14.1. The highest BCUT2D eigenvalue weighted by Gasteiger charge is 2.04. The van der Waals surface area contributed by atoms with Crippen LogP contribution in [0.25, 0.3) is 0 Å². The van der Waals surface area contributed by atoms with Crippen LogP contribution in [0.1, 0.15) is 16.7 Å². The molecular formula is C19H26IN3O2. The molecule has 2 rings (SSSR count). The maximum atomic E-state index is 5.93. The minimum Gasteiger partial charge on any atom is -0.493 e. The van der Waals surface area contributed by atoms with Crippen molar-refractivity contribution in [1.29, 1.82) is 0 Å². The van der Waals surface area contributed by atoms with Crippen LogP contribution in [0, 0.1) is 6.92 Å². The number of aryl methyl sites for hydroxylation is 1. The first-order valence-electron chi connectivity index (χ1n) is 7.93. The molecule has 0 aliphatic rings. The van der Waals surface area contributed by atoms with E-state index in [-0.39, 0.29) is 24.0 Å². The van der Waals surface area contributed by atoms with Gasteiger partial charge in [-0.2, -0.15) is 0 Å². The summed E-state index contributed by atoms with van der Waals surface area (Å²) in [4.78, 5) is 4.39. The molecule has 0 aromatic heterocycles. The van der Waals surface area contributed by atoms with E-state index < -0.39 is 0 Å². The Morgan fingerprint density at radius 1 is 1.08 bits per heavy atom. The first-order chi connectivity index (χ1) is 11.6. The highest BCUT2D eigenvalue weighted by atomic mass is 127. The van der Waals surface area contributed by atoms with E-state index in [4.69, 9.17) is 15.2 Å². The maximum absolute atomic E-state index is 5.93. The molecule has 5 nitrogen and oxygen atoms in total. The smallest absolute Gasteiger partial charge is 0.188 e. The first kappa shape index (κ1) is 21.1. The summed E-state index contributed by atoms with van der Waals surface area (Å²) in [6.07, 6.45) is 0.820. The zero-order valence-electron chi connectivity index (χ0n) is 14.9. The van der Waals surface area contributed by atoms with Gasteiger partial charge in [0.05, 0.1) is 20.8 Å². The van der Waals surface area contributed by atoms with Crippen LogP contribution >= 0.6 is 24.0 Å². The lowest BCUT2D eigenvalue weighted by Gasteiger charge is -2.10. The molecule has 0 bridgehead atoms. The van der Waals surface area contributed by atoms with Crippen molar-refractivity contribution in [3.63, 3.8) is 0 Å². The first-order valence-corrected chi connectivity index (χ1v) is 7.93. The fourth-order valence-corrected chi connectivity index (χ4v) is 2.38. The second-order valence-electron chi connectivity index (χ2n) is 5.49. The second-order valence-corrected chi connectivity index (χ2v) is 5.49. The highest BCUT2D eigenvalue weighted by molar-refractivity contribution is 14.0. The fraction of sp³-hybridized carbons (Fsp3) is 0.316. The summed E-state index contributed by atoms with van der Waals surface area (Å²) in [5, 5.41) is 3.14. The van der Waals surface area contributed by atoms with Crippen LogP contribution in [-0.2, 0) is 13.0 Å². The van der Waals surface area contributed by atoms with E-state index in [9.17, 15) is 0 Å². The number of rotatable bonds is 7. The van der Waals surface area contributed by atoms with Gasteiger partial charge in [0.1, 0.15) is 0 Å². The lowest BCUT2D eigenvalue weighted by molar-refractivity contribution is 0.354. The Balaban J connectivity index is 0.00000312. The van der Waals surface area contributed by atoms with Gasteiger partial charge >= 0.3 is 0 Å². The second kappa shape index (κ2) is 10.8. The molecule has 2 aromatic carbocycles. The van der Waals surface area contributed by atoms with E-state index in [1.165, 1.54) is 11.1 Å². The van der Waals surface area contributed by atoms with Crippen LogP contribution in [0.4, 0.5) is 0 Å². The summed E-state index contributed by atoms with van der Waals surface area (Å²) < 4.78 is 10.5. The van der Waals surface area contributed by atoms with Crippen molar-refractivity contribution in [3.05, 3.63) is 59.2 Å². The van der Waals surface area contributed by atoms with E-state index in [0.29, 0.717) is 19.0 Å². The minimum atomic E-state index is 0. The van der Waals surface area contributed by atoms with Gasteiger partial charge in [-0.3, -0.25) is 0 Å². The van der Waals surface area contributed by atoms with Crippen molar-refractivity contribution in [3.8, 4) is 11.5 Å². The predicted octanol–water partition coefficient (Wildman–Crippen LogP) is 3.28. The lowest BCUT2D eigenvalue weighted by atomic mass is 10.1. The Morgan fingerprint density at radius 2 is 1.80 bits per heavy atom. The normalized spacial score (nSPS) is 10.8. The summed E-state index contributed by atoms with van der Waals surface area (Å²) in [7, 11) is 3.26. The number of ether oxygens (including phenoxy) is 2. The molecule has 0 aliphatic carbocycles. The summed E-state index contributed by atoms with van der Waals surface area (Å²) in [5.74, 6) is 1.92. The number of nitrogens with two attached hydrogens (primary N) is 1. The van der Waals surface area contributed by atoms with Crippen LogP contribution in [0.3, 0.4) is 0 Å². The molecule has 0 unspecified atom stereocenters. The molecule has 0 fully saturated rings. The zero-order valence-corrected chi connectivity index (χ0v) is 17.2. The Kier molecular flexibility index (Phi) is 9.12. The average Bonchev–Trinajstić information content (AvgIpc) is 2.61. The number of hydrogen-bond acceptors (Lipinski definition) is 3. The van der Waals surface area contributed by atoms with Crippen LogP contribution in [-0.4, -0.2) is 26.7 Å².